The molecule has 0 unspecified atom stereocenters. The first kappa shape index (κ1) is 17.2. The molecule has 0 aliphatic heterocycles. The van der Waals surface area contributed by atoms with Gasteiger partial charge in [0.1, 0.15) is 0 Å². The van der Waals surface area contributed by atoms with Crippen molar-refractivity contribution in [3.05, 3.63) is 81.8 Å². The zero-order valence-corrected chi connectivity index (χ0v) is 15.1. The predicted octanol–water partition coefficient (Wildman–Crippen LogP) is 4.79. The van der Waals surface area contributed by atoms with E-state index in [1.165, 1.54) is 18.2 Å². The number of hydrogen-bond acceptors (Lipinski definition) is 2. The molecule has 5 heteroatoms. The molecule has 25 heavy (non-hydrogen) atoms. The lowest BCUT2D eigenvalue weighted by molar-refractivity contribution is 0.0695. The second-order valence-electron chi connectivity index (χ2n) is 5.76. The molecule has 0 fully saturated rings. The summed E-state index contributed by atoms with van der Waals surface area (Å²) in [6.07, 6.45) is 0. The van der Waals surface area contributed by atoms with Crippen LogP contribution < -0.4 is 5.32 Å². The van der Waals surface area contributed by atoms with Crippen LogP contribution in [0.2, 0.25) is 0 Å². The van der Waals surface area contributed by atoms with Crippen molar-refractivity contribution in [2.75, 3.05) is 0 Å². The summed E-state index contributed by atoms with van der Waals surface area (Å²) in [5.74, 6) is -1.29. The zero-order valence-electron chi connectivity index (χ0n) is 13.5. The fourth-order valence-electron chi connectivity index (χ4n) is 2.82. The van der Waals surface area contributed by atoms with Gasteiger partial charge in [-0.2, -0.15) is 0 Å². The Bertz CT molecular complexity index is 963. The minimum atomic E-state index is -1.04. The van der Waals surface area contributed by atoms with E-state index in [9.17, 15) is 9.59 Å². The van der Waals surface area contributed by atoms with E-state index in [4.69, 9.17) is 5.11 Å². The van der Waals surface area contributed by atoms with Crippen LogP contribution in [0.1, 0.15) is 39.2 Å². The molecule has 3 aromatic carbocycles. The van der Waals surface area contributed by atoms with E-state index in [1.54, 1.807) is 0 Å². The van der Waals surface area contributed by atoms with E-state index < -0.39 is 5.97 Å². The van der Waals surface area contributed by atoms with E-state index in [2.05, 4.69) is 21.2 Å². The van der Waals surface area contributed by atoms with Crippen LogP contribution in [0.4, 0.5) is 0 Å². The minimum absolute atomic E-state index is 0.124. The molecule has 0 aliphatic carbocycles. The molecular formula is C20H16BrNO3. The molecule has 1 amide bonds. The molecule has 0 spiro atoms. The van der Waals surface area contributed by atoms with Crippen molar-refractivity contribution in [3.8, 4) is 0 Å². The molecule has 4 nitrogen and oxygen atoms in total. The molecule has 2 N–H and O–H groups in total. The second kappa shape index (κ2) is 7.07. The number of amides is 1. The van der Waals surface area contributed by atoms with Crippen molar-refractivity contribution >= 4 is 38.6 Å². The van der Waals surface area contributed by atoms with Crippen LogP contribution in [0.15, 0.2) is 65.1 Å². The van der Waals surface area contributed by atoms with Gasteiger partial charge in [0.05, 0.1) is 11.6 Å². The summed E-state index contributed by atoms with van der Waals surface area (Å²) in [5, 5.41) is 14.3. The lowest BCUT2D eigenvalue weighted by Crippen LogP contribution is -2.26. The Balaban J connectivity index is 1.85. The Kier molecular flexibility index (Phi) is 4.86. The summed E-state index contributed by atoms with van der Waals surface area (Å²) in [6, 6.07) is 18.3. The number of fused-ring (bicyclic) bond motifs is 1. The Morgan fingerprint density at radius 3 is 2.48 bits per heavy atom. The number of hydrogen-bond donors (Lipinski definition) is 2. The predicted molar refractivity (Wildman–Crippen MR) is 101 cm³/mol. The molecular weight excluding hydrogens is 382 g/mol. The van der Waals surface area contributed by atoms with E-state index in [-0.39, 0.29) is 17.5 Å². The normalized spacial score (nSPS) is 11.9. The van der Waals surface area contributed by atoms with Crippen molar-refractivity contribution < 1.29 is 14.7 Å². The van der Waals surface area contributed by atoms with Crippen molar-refractivity contribution in [2.45, 2.75) is 13.0 Å². The number of carbonyl (C=O) groups excluding carboxylic acids is 1. The highest BCUT2D eigenvalue weighted by molar-refractivity contribution is 9.10. The van der Waals surface area contributed by atoms with Gasteiger partial charge in [-0.1, -0.05) is 42.5 Å². The number of aromatic carboxylic acids is 1. The van der Waals surface area contributed by atoms with Gasteiger partial charge < -0.3 is 10.4 Å². The van der Waals surface area contributed by atoms with Crippen LogP contribution >= 0.6 is 15.9 Å². The molecule has 0 bridgehead atoms. The smallest absolute Gasteiger partial charge is 0.336 e. The number of halogens is 1. The highest BCUT2D eigenvalue weighted by Gasteiger charge is 2.16. The number of carbonyl (C=O) groups is 2. The standard InChI is InChI=1S/C20H16BrNO3/c1-12(15-8-4-6-13-5-2-3-7-16(13)15)22-19(23)14-9-10-17(20(24)25)18(21)11-14/h2-12H,1H3,(H,22,23)(H,24,25)/t12-/m1/s1. The highest BCUT2D eigenvalue weighted by atomic mass is 79.9. The minimum Gasteiger partial charge on any atom is -0.478 e. The van der Waals surface area contributed by atoms with Gasteiger partial charge in [0.2, 0.25) is 0 Å². The van der Waals surface area contributed by atoms with Crippen molar-refractivity contribution in [1.82, 2.24) is 5.32 Å². The molecule has 0 aromatic heterocycles. The maximum absolute atomic E-state index is 12.5. The highest BCUT2D eigenvalue weighted by Crippen LogP contribution is 2.25. The largest absolute Gasteiger partial charge is 0.478 e. The molecule has 3 aromatic rings. The molecule has 1 atom stereocenters. The second-order valence-corrected chi connectivity index (χ2v) is 6.62. The van der Waals surface area contributed by atoms with Gasteiger partial charge in [0.25, 0.3) is 5.91 Å². The summed E-state index contributed by atoms with van der Waals surface area (Å²) < 4.78 is 0.380. The van der Waals surface area contributed by atoms with Crippen molar-refractivity contribution in [1.29, 1.82) is 0 Å². The quantitative estimate of drug-likeness (QED) is 0.664. The molecule has 3 rings (SSSR count). The Labute approximate surface area is 153 Å². The van der Waals surface area contributed by atoms with Gasteiger partial charge in [0.15, 0.2) is 0 Å². The van der Waals surface area contributed by atoms with Gasteiger partial charge >= 0.3 is 5.97 Å². The fourth-order valence-corrected chi connectivity index (χ4v) is 3.36. The van der Waals surface area contributed by atoms with Gasteiger partial charge in [0, 0.05) is 10.0 Å². The Hall–Kier alpha value is -2.66. The monoisotopic (exact) mass is 397 g/mol. The van der Waals surface area contributed by atoms with Crippen LogP contribution in [-0.4, -0.2) is 17.0 Å². The SMILES string of the molecule is C[C@@H](NC(=O)c1ccc(C(=O)O)c(Br)c1)c1cccc2ccccc12. The Morgan fingerprint density at radius 1 is 1.04 bits per heavy atom. The number of nitrogens with one attached hydrogen (secondary N) is 1. The summed E-state index contributed by atoms with van der Waals surface area (Å²) in [6.45, 7) is 1.93. The third-order valence-electron chi connectivity index (χ3n) is 4.10. The molecule has 126 valence electrons. The first-order valence-electron chi connectivity index (χ1n) is 7.78. The average molecular weight is 398 g/mol. The average Bonchev–Trinajstić information content (AvgIpc) is 2.60. The topological polar surface area (TPSA) is 66.4 Å². The van der Waals surface area contributed by atoms with E-state index in [1.807, 2.05) is 49.4 Å². The summed E-state index contributed by atoms with van der Waals surface area (Å²) >= 11 is 3.20. The lowest BCUT2D eigenvalue weighted by atomic mass is 9.99. The van der Waals surface area contributed by atoms with E-state index in [0.717, 1.165) is 16.3 Å². The van der Waals surface area contributed by atoms with Crippen molar-refractivity contribution in [2.24, 2.45) is 0 Å². The third-order valence-corrected chi connectivity index (χ3v) is 4.76. The van der Waals surface area contributed by atoms with Crippen molar-refractivity contribution in [3.63, 3.8) is 0 Å². The molecule has 0 saturated carbocycles. The number of carboxylic acids is 1. The van der Waals surface area contributed by atoms with Gasteiger partial charge in [-0.3, -0.25) is 4.79 Å². The lowest BCUT2D eigenvalue weighted by Gasteiger charge is -2.17. The summed E-state index contributed by atoms with van der Waals surface area (Å²) in [4.78, 5) is 23.6. The number of benzene rings is 3. The van der Waals surface area contributed by atoms with Gasteiger partial charge in [-0.25, -0.2) is 4.79 Å². The van der Waals surface area contributed by atoms with Crippen LogP contribution in [-0.2, 0) is 0 Å². The number of rotatable bonds is 4. The maximum Gasteiger partial charge on any atom is 0.336 e. The van der Waals surface area contributed by atoms with Crippen LogP contribution in [0, 0.1) is 0 Å². The van der Waals surface area contributed by atoms with Crippen LogP contribution in [0.25, 0.3) is 10.8 Å². The zero-order chi connectivity index (χ0) is 18.0. The first-order valence-corrected chi connectivity index (χ1v) is 8.58. The maximum atomic E-state index is 12.5. The fraction of sp³-hybridized carbons (Fsp3) is 0.100. The van der Waals surface area contributed by atoms with E-state index >= 15 is 0 Å². The number of carboxylic acid groups (broad SMARTS) is 1. The molecule has 0 heterocycles. The van der Waals surface area contributed by atoms with Gasteiger partial charge in [-0.05, 0) is 57.4 Å². The molecule has 0 saturated heterocycles. The molecule has 0 radical (unpaired) electrons. The van der Waals surface area contributed by atoms with Crippen LogP contribution in [0.3, 0.4) is 0 Å². The van der Waals surface area contributed by atoms with Crippen LogP contribution in [0.5, 0.6) is 0 Å². The summed E-state index contributed by atoms with van der Waals surface area (Å²) in [7, 11) is 0. The summed E-state index contributed by atoms with van der Waals surface area (Å²) in [5.41, 5.74) is 1.57. The third kappa shape index (κ3) is 3.56. The first-order chi connectivity index (χ1) is 12.0. The van der Waals surface area contributed by atoms with E-state index in [0.29, 0.717) is 10.0 Å². The van der Waals surface area contributed by atoms with Gasteiger partial charge in [-0.15, -0.1) is 0 Å². The molecule has 0 aliphatic rings. The Morgan fingerprint density at radius 2 is 1.76 bits per heavy atom.